The van der Waals surface area contributed by atoms with Crippen molar-refractivity contribution in [2.24, 2.45) is 10.7 Å². The van der Waals surface area contributed by atoms with E-state index in [9.17, 15) is 22.0 Å². The molecule has 2 aliphatic rings. The fourth-order valence-corrected chi connectivity index (χ4v) is 5.83. The summed E-state index contributed by atoms with van der Waals surface area (Å²) in [6, 6.07) is 9.31. The predicted octanol–water partition coefficient (Wildman–Crippen LogP) is 7.05. The highest BCUT2D eigenvalue weighted by atomic mass is 19.4. The summed E-state index contributed by atoms with van der Waals surface area (Å²) < 4.78 is 70.2. The molecular formula is C33H37F5N6. The number of imidazole rings is 1. The quantitative estimate of drug-likeness (QED) is 0.277. The molecule has 2 aliphatic heterocycles. The van der Waals surface area contributed by atoms with Crippen molar-refractivity contribution in [1.82, 2.24) is 19.4 Å². The molecule has 6 nitrogen and oxygen atoms in total. The lowest BCUT2D eigenvalue weighted by molar-refractivity contribution is -0.139. The average Bonchev–Trinajstić information content (AvgIpc) is 3.34. The molecule has 0 atom stereocenters. The van der Waals surface area contributed by atoms with Gasteiger partial charge in [0.25, 0.3) is 0 Å². The Morgan fingerprint density at radius 2 is 1.68 bits per heavy atom. The van der Waals surface area contributed by atoms with Gasteiger partial charge < -0.3 is 20.1 Å². The normalized spacial score (nSPS) is 16.8. The molecule has 2 aromatic carbocycles. The maximum atomic E-state index is 14.0. The Labute approximate surface area is 254 Å². The van der Waals surface area contributed by atoms with Gasteiger partial charge in [0.1, 0.15) is 23.3 Å². The summed E-state index contributed by atoms with van der Waals surface area (Å²) in [6.45, 7) is 4.82. The third-order valence-corrected chi connectivity index (χ3v) is 8.32. The van der Waals surface area contributed by atoms with Gasteiger partial charge in [-0.15, -0.1) is 0 Å². The summed E-state index contributed by atoms with van der Waals surface area (Å²) in [4.78, 5) is 13.7. The van der Waals surface area contributed by atoms with Crippen LogP contribution in [-0.4, -0.2) is 58.9 Å². The van der Waals surface area contributed by atoms with Gasteiger partial charge in [-0.1, -0.05) is 19.1 Å². The monoisotopic (exact) mass is 612 g/mol. The highest BCUT2D eigenvalue weighted by molar-refractivity contribution is 6.23. The number of piperidine rings is 1. The minimum Gasteiger partial charge on any atom is -0.383 e. The average molecular weight is 613 g/mol. The molecule has 0 aliphatic carbocycles. The number of aromatic nitrogens is 2. The van der Waals surface area contributed by atoms with Gasteiger partial charge in [0.15, 0.2) is 0 Å². The zero-order valence-corrected chi connectivity index (χ0v) is 25.1. The first-order valence-corrected chi connectivity index (χ1v) is 14.8. The Hall–Kier alpha value is -3.99. The van der Waals surface area contributed by atoms with Gasteiger partial charge >= 0.3 is 6.18 Å². The van der Waals surface area contributed by atoms with E-state index in [0.717, 1.165) is 66.2 Å². The van der Waals surface area contributed by atoms with E-state index in [1.807, 2.05) is 29.8 Å². The Balaban J connectivity index is 1.45. The van der Waals surface area contributed by atoms with Gasteiger partial charge in [-0.2, -0.15) is 13.2 Å². The van der Waals surface area contributed by atoms with Gasteiger partial charge in [-0.25, -0.2) is 18.8 Å². The van der Waals surface area contributed by atoms with E-state index in [2.05, 4.69) is 16.8 Å². The molecule has 0 amide bonds. The van der Waals surface area contributed by atoms with Crippen LogP contribution in [0.1, 0.15) is 55.5 Å². The second kappa shape index (κ2) is 12.9. The lowest BCUT2D eigenvalue weighted by atomic mass is 9.92. The zero-order valence-electron chi connectivity index (χ0n) is 25.1. The van der Waals surface area contributed by atoms with Crippen molar-refractivity contribution in [3.05, 3.63) is 94.7 Å². The van der Waals surface area contributed by atoms with Crippen LogP contribution in [0.5, 0.6) is 0 Å². The third-order valence-electron chi connectivity index (χ3n) is 8.32. The third kappa shape index (κ3) is 6.88. The minimum atomic E-state index is -4.80. The van der Waals surface area contributed by atoms with Crippen molar-refractivity contribution in [1.29, 1.82) is 0 Å². The second-order valence-electron chi connectivity index (χ2n) is 11.6. The van der Waals surface area contributed by atoms with Crippen LogP contribution >= 0.6 is 0 Å². The van der Waals surface area contributed by atoms with E-state index in [4.69, 9.17) is 10.7 Å². The number of nitrogens with two attached hydrogens (primary N) is 1. The van der Waals surface area contributed by atoms with E-state index in [-0.39, 0.29) is 17.3 Å². The van der Waals surface area contributed by atoms with Gasteiger partial charge in [0.05, 0.1) is 11.3 Å². The van der Waals surface area contributed by atoms with Gasteiger partial charge in [-0.3, -0.25) is 0 Å². The zero-order chi connectivity index (χ0) is 31.6. The van der Waals surface area contributed by atoms with Crippen molar-refractivity contribution in [3.8, 4) is 11.3 Å². The molecule has 44 heavy (non-hydrogen) atoms. The number of nitrogens with zero attached hydrogens (tertiary/aromatic N) is 5. The molecule has 2 N–H and O–H groups in total. The largest absolute Gasteiger partial charge is 0.419 e. The summed E-state index contributed by atoms with van der Waals surface area (Å²) in [5, 5.41) is 0. The number of aliphatic imine (C=N–C) groups is 1. The number of allylic oxidation sites excluding steroid dienone is 1. The highest BCUT2D eigenvalue weighted by Gasteiger charge is 2.35. The van der Waals surface area contributed by atoms with Crippen LogP contribution in [0, 0.1) is 11.6 Å². The van der Waals surface area contributed by atoms with Crippen molar-refractivity contribution in [2.45, 2.75) is 51.2 Å². The summed E-state index contributed by atoms with van der Waals surface area (Å²) in [5.74, 6) is -0.368. The fourth-order valence-electron chi connectivity index (χ4n) is 5.83. The molecule has 11 heteroatoms. The maximum Gasteiger partial charge on any atom is 0.419 e. The first-order chi connectivity index (χ1) is 20.9. The van der Waals surface area contributed by atoms with Crippen LogP contribution in [0.25, 0.3) is 16.8 Å². The summed E-state index contributed by atoms with van der Waals surface area (Å²) in [5.41, 5.74) is 9.58. The first kappa shape index (κ1) is 31.4. The van der Waals surface area contributed by atoms with E-state index in [0.29, 0.717) is 37.6 Å². The molecule has 0 saturated carbocycles. The van der Waals surface area contributed by atoms with Crippen molar-refractivity contribution >= 4 is 11.4 Å². The van der Waals surface area contributed by atoms with E-state index in [1.54, 1.807) is 18.3 Å². The van der Waals surface area contributed by atoms with Gasteiger partial charge in [-0.05, 0) is 74.8 Å². The lowest BCUT2D eigenvalue weighted by Crippen LogP contribution is -2.35. The Kier molecular flexibility index (Phi) is 9.24. The van der Waals surface area contributed by atoms with E-state index >= 15 is 0 Å². The highest BCUT2D eigenvalue weighted by Crippen LogP contribution is 2.38. The summed E-state index contributed by atoms with van der Waals surface area (Å²) in [7, 11) is 3.91. The molecule has 0 radical (unpaired) electrons. The van der Waals surface area contributed by atoms with Crippen LogP contribution in [0.2, 0.25) is 0 Å². The molecule has 1 aromatic heterocycles. The number of amidine groups is 1. The lowest BCUT2D eigenvalue weighted by Gasteiger charge is -2.36. The number of likely N-dealkylation sites (tertiary alicyclic amines) is 1. The molecule has 3 heterocycles. The number of likely N-dealkylation sites (N-methyl/N-ethyl adjacent to an activating group) is 1. The van der Waals surface area contributed by atoms with Crippen molar-refractivity contribution in [3.63, 3.8) is 0 Å². The second-order valence-corrected chi connectivity index (χ2v) is 11.6. The van der Waals surface area contributed by atoms with E-state index in [1.165, 1.54) is 18.2 Å². The summed E-state index contributed by atoms with van der Waals surface area (Å²) in [6.07, 6.45) is 1.81. The van der Waals surface area contributed by atoms with Crippen molar-refractivity contribution < 1.29 is 22.0 Å². The van der Waals surface area contributed by atoms with Crippen LogP contribution in [0.3, 0.4) is 0 Å². The van der Waals surface area contributed by atoms with Crippen LogP contribution in [0.15, 0.2) is 71.1 Å². The van der Waals surface area contributed by atoms with Crippen LogP contribution < -0.4 is 5.73 Å². The molecule has 0 spiro atoms. The molecular weight excluding hydrogens is 575 g/mol. The SMILES string of the molecule is CCC1=CN=C(N)C(c2ccc(F)cc2)=C(N2CCC(c3nc(-c4ccc(F)c(C(F)(F)F)c4)cn3CCN(C)C)CC2)C1. The Morgan fingerprint density at radius 3 is 2.32 bits per heavy atom. The molecule has 1 saturated heterocycles. The molecule has 3 aromatic rings. The molecule has 0 bridgehead atoms. The molecule has 0 unspecified atom stereocenters. The van der Waals surface area contributed by atoms with Crippen LogP contribution in [-0.2, 0) is 12.7 Å². The van der Waals surface area contributed by atoms with Gasteiger partial charge in [0, 0.05) is 67.7 Å². The minimum absolute atomic E-state index is 0.0672. The molecule has 1 fully saturated rings. The molecule has 5 rings (SSSR count). The first-order valence-electron chi connectivity index (χ1n) is 14.8. The van der Waals surface area contributed by atoms with Crippen LogP contribution in [0.4, 0.5) is 22.0 Å². The van der Waals surface area contributed by atoms with E-state index < -0.39 is 17.6 Å². The standard InChI is InChI=1S/C33H37F5N6/c1-4-21-17-29(30(31(39)40-19-21)22-5-8-25(34)9-6-22)43-13-11-23(12-14-43)32-41-28(20-44(32)16-15-42(2)3)24-7-10-27(35)26(18-24)33(36,37)38/h5-10,18-20,23H,4,11-17H2,1-3H3,(H2,39,40). The molecule has 234 valence electrons. The number of hydrogen-bond acceptors (Lipinski definition) is 5. The van der Waals surface area contributed by atoms with Gasteiger partial charge in [0.2, 0.25) is 0 Å². The topological polar surface area (TPSA) is 62.7 Å². The smallest absolute Gasteiger partial charge is 0.383 e. The fraction of sp³-hybridized carbons (Fsp3) is 0.394. The van der Waals surface area contributed by atoms with Crippen molar-refractivity contribution in [2.75, 3.05) is 33.7 Å². The maximum absolute atomic E-state index is 14.0. The predicted molar refractivity (Wildman–Crippen MR) is 163 cm³/mol. The number of benzene rings is 2. The number of hydrogen-bond donors (Lipinski definition) is 1. The number of rotatable bonds is 8. The summed E-state index contributed by atoms with van der Waals surface area (Å²) >= 11 is 0. The number of halogens is 5. The number of alkyl halides is 3. The Bertz CT molecular complexity index is 1570. The Morgan fingerprint density at radius 1 is 1.00 bits per heavy atom.